The molecule has 6 nitrogen and oxygen atoms in total. The Kier molecular flexibility index (Phi) is 5.45. The number of carbonyl (C=O) groups is 1. The van der Waals surface area contributed by atoms with Crippen molar-refractivity contribution in [3.05, 3.63) is 36.2 Å². The van der Waals surface area contributed by atoms with Gasteiger partial charge in [-0.2, -0.15) is 0 Å². The van der Waals surface area contributed by atoms with Crippen LogP contribution in [-0.4, -0.2) is 35.7 Å². The van der Waals surface area contributed by atoms with Crippen LogP contribution in [0, 0.1) is 0 Å². The number of aromatic nitrogens is 2. The molecule has 1 amide bonds. The Morgan fingerprint density at radius 3 is 2.67 bits per heavy atom. The summed E-state index contributed by atoms with van der Waals surface area (Å²) in [5, 5.41) is 10.9. The molecule has 0 aliphatic carbocycles. The Balaban J connectivity index is 1.99. The van der Waals surface area contributed by atoms with Crippen LogP contribution in [0.2, 0.25) is 0 Å². The number of hydrogen-bond donors (Lipinski definition) is 2. The van der Waals surface area contributed by atoms with E-state index in [1.54, 1.807) is 0 Å². The molecule has 1 aromatic carbocycles. The van der Waals surface area contributed by atoms with Gasteiger partial charge in [0.05, 0.1) is 6.54 Å². The summed E-state index contributed by atoms with van der Waals surface area (Å²) >= 11 is 0. The van der Waals surface area contributed by atoms with Gasteiger partial charge < -0.3 is 14.6 Å². The minimum absolute atomic E-state index is 0.0390. The predicted octanol–water partition coefficient (Wildman–Crippen LogP) is 0.278. The monoisotopic (exact) mass is 289 g/mol. The van der Waals surface area contributed by atoms with Gasteiger partial charge in [0, 0.05) is 12.1 Å². The van der Waals surface area contributed by atoms with Crippen molar-refractivity contribution < 1.29 is 14.1 Å². The fraction of sp³-hybridized carbons (Fsp3) is 0.400. The van der Waals surface area contributed by atoms with Gasteiger partial charge in [-0.3, -0.25) is 4.79 Å². The third-order valence-corrected chi connectivity index (χ3v) is 3.17. The van der Waals surface area contributed by atoms with E-state index in [0.29, 0.717) is 31.4 Å². The van der Waals surface area contributed by atoms with Gasteiger partial charge in [-0.15, -0.1) is 10.2 Å². The normalized spacial score (nSPS) is 12.1. The van der Waals surface area contributed by atoms with Crippen molar-refractivity contribution >= 4 is 5.91 Å². The molecule has 1 unspecified atom stereocenters. The third-order valence-electron chi connectivity index (χ3n) is 3.17. The molecule has 2 N–H and O–H groups in total. The minimum atomic E-state index is 0.0390. The average molecular weight is 289 g/mol. The van der Waals surface area contributed by atoms with Crippen molar-refractivity contribution in [2.45, 2.75) is 20.4 Å². The SMILES string of the molecule is CCNC(=O)C[NH+](CC)Cc1nnc(-c2ccccc2)o1. The van der Waals surface area contributed by atoms with E-state index in [2.05, 4.69) is 15.5 Å². The Morgan fingerprint density at radius 2 is 2.00 bits per heavy atom. The number of likely N-dealkylation sites (N-methyl/N-ethyl adjacent to an activating group) is 2. The van der Waals surface area contributed by atoms with Gasteiger partial charge in [0.2, 0.25) is 5.89 Å². The molecule has 0 aliphatic rings. The summed E-state index contributed by atoms with van der Waals surface area (Å²) in [6, 6.07) is 9.65. The Hall–Kier alpha value is -2.21. The van der Waals surface area contributed by atoms with Crippen LogP contribution < -0.4 is 10.2 Å². The van der Waals surface area contributed by atoms with E-state index < -0.39 is 0 Å². The number of nitrogens with zero attached hydrogens (tertiary/aromatic N) is 2. The van der Waals surface area contributed by atoms with E-state index >= 15 is 0 Å². The van der Waals surface area contributed by atoms with Crippen molar-refractivity contribution in [1.82, 2.24) is 15.5 Å². The highest BCUT2D eigenvalue weighted by atomic mass is 16.4. The van der Waals surface area contributed by atoms with Crippen LogP contribution >= 0.6 is 0 Å². The van der Waals surface area contributed by atoms with E-state index in [9.17, 15) is 4.79 Å². The maximum atomic E-state index is 11.6. The van der Waals surface area contributed by atoms with Crippen molar-refractivity contribution in [1.29, 1.82) is 0 Å². The van der Waals surface area contributed by atoms with Crippen LogP contribution in [0.15, 0.2) is 34.7 Å². The molecule has 0 saturated carbocycles. The summed E-state index contributed by atoms with van der Waals surface area (Å²) in [7, 11) is 0. The van der Waals surface area contributed by atoms with Gasteiger partial charge in [-0.25, -0.2) is 0 Å². The standard InChI is InChI=1S/C15H20N4O2/c1-3-16-13(20)10-19(4-2)11-14-17-18-15(21-14)12-8-6-5-7-9-12/h5-9H,3-4,10-11H2,1-2H3,(H,16,20)/p+1. The highest BCUT2D eigenvalue weighted by Crippen LogP contribution is 2.16. The number of carbonyl (C=O) groups excluding carboxylic acids is 1. The first-order valence-electron chi connectivity index (χ1n) is 7.21. The highest BCUT2D eigenvalue weighted by Gasteiger charge is 2.17. The highest BCUT2D eigenvalue weighted by molar-refractivity contribution is 5.76. The van der Waals surface area contributed by atoms with Gasteiger partial charge in [-0.05, 0) is 26.0 Å². The van der Waals surface area contributed by atoms with E-state index in [-0.39, 0.29) is 5.91 Å². The Morgan fingerprint density at radius 1 is 1.24 bits per heavy atom. The van der Waals surface area contributed by atoms with Crippen LogP contribution in [0.25, 0.3) is 11.5 Å². The summed E-state index contributed by atoms with van der Waals surface area (Å²) in [5.41, 5.74) is 0.901. The topological polar surface area (TPSA) is 72.5 Å². The average Bonchev–Trinajstić information content (AvgIpc) is 2.96. The van der Waals surface area contributed by atoms with Crippen LogP contribution in [0.5, 0.6) is 0 Å². The fourth-order valence-corrected chi connectivity index (χ4v) is 2.04. The lowest BCUT2D eigenvalue weighted by atomic mass is 10.2. The number of nitrogens with one attached hydrogen (secondary N) is 2. The molecule has 0 saturated heterocycles. The smallest absolute Gasteiger partial charge is 0.275 e. The van der Waals surface area contributed by atoms with Crippen LogP contribution in [0.1, 0.15) is 19.7 Å². The van der Waals surface area contributed by atoms with E-state index in [1.807, 2.05) is 44.2 Å². The summed E-state index contributed by atoms with van der Waals surface area (Å²) in [5.74, 6) is 1.10. The Bertz CT molecular complexity index is 568. The summed E-state index contributed by atoms with van der Waals surface area (Å²) < 4.78 is 5.67. The number of amides is 1. The van der Waals surface area contributed by atoms with E-state index in [0.717, 1.165) is 17.0 Å². The molecule has 0 radical (unpaired) electrons. The Labute approximate surface area is 124 Å². The number of benzene rings is 1. The summed E-state index contributed by atoms with van der Waals surface area (Å²) in [4.78, 5) is 12.7. The largest absolute Gasteiger partial charge is 0.415 e. The summed E-state index contributed by atoms with van der Waals surface area (Å²) in [6.07, 6.45) is 0. The minimum Gasteiger partial charge on any atom is -0.415 e. The van der Waals surface area contributed by atoms with Crippen LogP contribution in [0.4, 0.5) is 0 Å². The van der Waals surface area contributed by atoms with Crippen LogP contribution in [-0.2, 0) is 11.3 Å². The second-order valence-electron chi connectivity index (χ2n) is 4.78. The molecule has 1 aromatic heterocycles. The van der Waals surface area contributed by atoms with Gasteiger partial charge >= 0.3 is 0 Å². The van der Waals surface area contributed by atoms with Crippen molar-refractivity contribution in [3.8, 4) is 11.5 Å². The molecule has 0 aliphatic heterocycles. The van der Waals surface area contributed by atoms with Crippen molar-refractivity contribution in [2.24, 2.45) is 0 Å². The molecule has 2 rings (SSSR count). The molecule has 0 fully saturated rings. The second-order valence-corrected chi connectivity index (χ2v) is 4.78. The first-order valence-corrected chi connectivity index (χ1v) is 7.21. The second kappa shape index (κ2) is 7.54. The molecule has 112 valence electrons. The number of quaternary nitrogens is 1. The first-order chi connectivity index (χ1) is 10.2. The predicted molar refractivity (Wildman–Crippen MR) is 78.5 cm³/mol. The van der Waals surface area contributed by atoms with Gasteiger partial charge in [0.1, 0.15) is 0 Å². The first kappa shape index (κ1) is 15.2. The van der Waals surface area contributed by atoms with Gasteiger partial charge in [-0.1, -0.05) is 18.2 Å². The van der Waals surface area contributed by atoms with Gasteiger partial charge in [0.25, 0.3) is 11.8 Å². The van der Waals surface area contributed by atoms with Crippen molar-refractivity contribution in [3.63, 3.8) is 0 Å². The molecule has 6 heteroatoms. The third kappa shape index (κ3) is 4.39. The molecule has 21 heavy (non-hydrogen) atoms. The lowest BCUT2D eigenvalue weighted by molar-refractivity contribution is -0.905. The molecule has 0 bridgehead atoms. The molecular weight excluding hydrogens is 268 g/mol. The zero-order valence-electron chi connectivity index (χ0n) is 12.4. The molecular formula is C15H21N4O2+. The van der Waals surface area contributed by atoms with Gasteiger partial charge in [0.15, 0.2) is 13.1 Å². The lowest BCUT2D eigenvalue weighted by Gasteiger charge is -2.14. The zero-order valence-corrected chi connectivity index (χ0v) is 12.4. The maximum Gasteiger partial charge on any atom is 0.275 e. The van der Waals surface area contributed by atoms with Crippen LogP contribution in [0.3, 0.4) is 0 Å². The fourth-order valence-electron chi connectivity index (χ4n) is 2.04. The molecule has 0 spiro atoms. The quantitative estimate of drug-likeness (QED) is 0.768. The van der Waals surface area contributed by atoms with E-state index in [1.165, 1.54) is 0 Å². The van der Waals surface area contributed by atoms with Crippen molar-refractivity contribution in [2.75, 3.05) is 19.6 Å². The molecule has 2 aromatic rings. The molecule has 1 heterocycles. The lowest BCUT2D eigenvalue weighted by Crippen LogP contribution is -3.11. The number of rotatable bonds is 7. The summed E-state index contributed by atoms with van der Waals surface area (Å²) in [6.45, 7) is 6.37. The van der Waals surface area contributed by atoms with E-state index in [4.69, 9.17) is 4.42 Å². The number of hydrogen-bond acceptors (Lipinski definition) is 4. The molecule has 1 atom stereocenters. The zero-order chi connectivity index (χ0) is 15.1. The maximum absolute atomic E-state index is 11.6.